The van der Waals surface area contributed by atoms with E-state index in [4.69, 9.17) is 0 Å². The molecule has 0 bridgehead atoms. The smallest absolute Gasteiger partial charge is 0.318 e. The summed E-state index contributed by atoms with van der Waals surface area (Å²) in [6.45, 7) is 12.5. The number of urea groups is 1. The second-order valence-electron chi connectivity index (χ2n) is 8.95. The van der Waals surface area contributed by atoms with E-state index in [1.165, 1.54) is 17.0 Å². The fraction of sp³-hybridized carbons (Fsp3) is 0.500. The summed E-state index contributed by atoms with van der Waals surface area (Å²) in [5.41, 5.74) is 0.450. The fourth-order valence-electron chi connectivity index (χ4n) is 3.09. The Bertz CT molecular complexity index is 874. The molecule has 5 nitrogen and oxygen atoms in total. The first-order chi connectivity index (χ1) is 14.5. The molecular weight excluding hydrogens is 413 g/mol. The van der Waals surface area contributed by atoms with Crippen LogP contribution in [0.25, 0.3) is 0 Å². The van der Waals surface area contributed by atoms with Gasteiger partial charge in [0.15, 0.2) is 0 Å². The number of benzene rings is 1. The second kappa shape index (κ2) is 10.8. The monoisotopic (exact) mass is 447 g/mol. The zero-order valence-corrected chi connectivity index (χ0v) is 20.2. The molecule has 0 fully saturated rings. The van der Waals surface area contributed by atoms with Crippen molar-refractivity contribution in [1.29, 1.82) is 0 Å². The zero-order chi connectivity index (χ0) is 23.2. The van der Waals surface area contributed by atoms with Gasteiger partial charge in [0.1, 0.15) is 12.4 Å². The lowest BCUT2D eigenvalue weighted by molar-refractivity contribution is -0.133. The summed E-state index contributed by atoms with van der Waals surface area (Å²) in [5, 5.41) is 2.96. The number of carbonyl (C=O) groups excluding carboxylic acids is 2. The van der Waals surface area contributed by atoms with Gasteiger partial charge in [-0.25, -0.2) is 9.18 Å². The van der Waals surface area contributed by atoms with Gasteiger partial charge in [0.25, 0.3) is 0 Å². The Morgan fingerprint density at radius 1 is 1.10 bits per heavy atom. The van der Waals surface area contributed by atoms with Crippen LogP contribution >= 0.6 is 11.3 Å². The summed E-state index contributed by atoms with van der Waals surface area (Å²) in [6.07, 6.45) is 0.743. The number of thiophene rings is 1. The molecule has 1 heterocycles. The quantitative estimate of drug-likeness (QED) is 0.594. The number of amides is 3. The van der Waals surface area contributed by atoms with Crippen molar-refractivity contribution in [2.75, 3.05) is 6.54 Å². The Labute approximate surface area is 189 Å². The number of halogens is 1. The van der Waals surface area contributed by atoms with Crippen molar-refractivity contribution in [3.05, 3.63) is 57.5 Å². The highest BCUT2D eigenvalue weighted by molar-refractivity contribution is 7.11. The maximum atomic E-state index is 13.4. The molecule has 1 N–H and O–H groups in total. The third-order valence-corrected chi connectivity index (χ3v) is 5.94. The van der Waals surface area contributed by atoms with E-state index in [0.717, 1.165) is 16.9 Å². The molecule has 1 aromatic heterocycles. The first-order valence-electron chi connectivity index (χ1n) is 10.6. The van der Waals surface area contributed by atoms with Crippen molar-refractivity contribution in [3.8, 4) is 0 Å². The summed E-state index contributed by atoms with van der Waals surface area (Å²) in [7, 11) is 0. The van der Waals surface area contributed by atoms with Crippen molar-refractivity contribution in [2.45, 2.75) is 72.6 Å². The highest BCUT2D eigenvalue weighted by Crippen LogP contribution is 2.19. The van der Waals surface area contributed by atoms with Crippen LogP contribution in [-0.4, -0.2) is 39.9 Å². The lowest BCUT2D eigenvalue weighted by Gasteiger charge is -2.33. The molecule has 0 aliphatic heterocycles. The number of aryl methyl sites for hydroxylation is 1. The van der Waals surface area contributed by atoms with Crippen LogP contribution in [0.4, 0.5) is 9.18 Å². The van der Waals surface area contributed by atoms with Gasteiger partial charge >= 0.3 is 6.03 Å². The van der Waals surface area contributed by atoms with E-state index >= 15 is 0 Å². The summed E-state index contributed by atoms with van der Waals surface area (Å²) in [6, 6.07) is 9.89. The maximum absolute atomic E-state index is 13.4. The molecule has 1 unspecified atom stereocenters. The number of rotatable bonds is 8. The fourth-order valence-corrected chi connectivity index (χ4v) is 3.99. The molecule has 0 spiro atoms. The minimum absolute atomic E-state index is 0.0114. The predicted molar refractivity (Wildman–Crippen MR) is 124 cm³/mol. The topological polar surface area (TPSA) is 52.7 Å². The normalized spacial score (nSPS) is 12.4. The number of hydrogen-bond donors (Lipinski definition) is 1. The van der Waals surface area contributed by atoms with Crippen LogP contribution in [0.2, 0.25) is 0 Å². The molecule has 2 aromatic rings. The molecule has 1 aromatic carbocycles. The van der Waals surface area contributed by atoms with E-state index in [1.54, 1.807) is 33.3 Å². The Morgan fingerprint density at radius 2 is 1.74 bits per heavy atom. The van der Waals surface area contributed by atoms with Crippen molar-refractivity contribution >= 4 is 23.3 Å². The van der Waals surface area contributed by atoms with Gasteiger partial charge in [0.05, 0.1) is 6.54 Å². The highest BCUT2D eigenvalue weighted by atomic mass is 32.1. The minimum atomic E-state index is -0.395. The van der Waals surface area contributed by atoms with Crippen molar-refractivity contribution in [1.82, 2.24) is 15.1 Å². The van der Waals surface area contributed by atoms with E-state index in [2.05, 4.69) is 5.32 Å². The zero-order valence-electron chi connectivity index (χ0n) is 19.4. The van der Waals surface area contributed by atoms with Crippen molar-refractivity contribution < 1.29 is 14.0 Å². The van der Waals surface area contributed by atoms with Crippen LogP contribution in [0.5, 0.6) is 0 Å². The van der Waals surface area contributed by atoms with Gasteiger partial charge in [-0.3, -0.25) is 4.79 Å². The van der Waals surface area contributed by atoms with E-state index in [0.29, 0.717) is 13.1 Å². The van der Waals surface area contributed by atoms with Crippen LogP contribution in [0.15, 0.2) is 36.4 Å². The van der Waals surface area contributed by atoms with E-state index in [9.17, 15) is 14.0 Å². The van der Waals surface area contributed by atoms with Crippen LogP contribution < -0.4 is 5.32 Å². The van der Waals surface area contributed by atoms with Crippen LogP contribution in [0, 0.1) is 12.7 Å². The largest absolute Gasteiger partial charge is 0.333 e. The molecular formula is C24H34FN3O2S. The third kappa shape index (κ3) is 7.98. The Balaban J connectivity index is 2.23. The summed E-state index contributed by atoms with van der Waals surface area (Å²) in [4.78, 5) is 31.8. The van der Waals surface area contributed by atoms with Gasteiger partial charge in [-0.2, -0.15) is 0 Å². The molecule has 7 heteroatoms. The van der Waals surface area contributed by atoms with Gasteiger partial charge in [-0.15, -0.1) is 11.3 Å². The standard InChI is InChI=1S/C24H34FN3O2S/c1-7-17(2)28(23(30)26-24(4,5)6)16-22(29)27(15-21-13-8-18(3)31-21)14-19-9-11-20(25)12-10-19/h8-13,17H,7,14-16H2,1-6H3,(H,26,30). The molecule has 31 heavy (non-hydrogen) atoms. The van der Waals surface area contributed by atoms with Gasteiger partial charge in [0.2, 0.25) is 5.91 Å². The lowest BCUT2D eigenvalue weighted by atomic mass is 10.1. The summed E-state index contributed by atoms with van der Waals surface area (Å²) < 4.78 is 13.3. The molecule has 1 atom stereocenters. The number of hydrogen-bond acceptors (Lipinski definition) is 3. The molecule has 3 amide bonds. The summed E-state index contributed by atoms with van der Waals surface area (Å²) >= 11 is 1.64. The highest BCUT2D eigenvalue weighted by Gasteiger charge is 2.27. The average Bonchev–Trinajstić information content (AvgIpc) is 3.09. The lowest BCUT2D eigenvalue weighted by Crippen LogP contribution is -2.54. The number of nitrogens with one attached hydrogen (secondary N) is 1. The Morgan fingerprint density at radius 3 is 2.26 bits per heavy atom. The molecule has 0 radical (unpaired) electrons. The van der Waals surface area contributed by atoms with Gasteiger partial charge < -0.3 is 15.1 Å². The van der Waals surface area contributed by atoms with Crippen molar-refractivity contribution in [3.63, 3.8) is 0 Å². The number of nitrogens with zero attached hydrogens (tertiary/aromatic N) is 2. The first-order valence-corrected chi connectivity index (χ1v) is 11.5. The predicted octanol–water partition coefficient (Wildman–Crippen LogP) is 5.33. The van der Waals surface area contributed by atoms with E-state index in [1.807, 2.05) is 53.7 Å². The Kier molecular flexibility index (Phi) is 8.62. The summed E-state index contributed by atoms with van der Waals surface area (Å²) in [5.74, 6) is -0.447. The van der Waals surface area contributed by atoms with E-state index < -0.39 is 5.54 Å². The van der Waals surface area contributed by atoms with Gasteiger partial charge in [-0.1, -0.05) is 19.1 Å². The Hall–Kier alpha value is -2.41. The number of carbonyl (C=O) groups is 2. The van der Waals surface area contributed by atoms with Gasteiger partial charge in [-0.05, 0) is 70.9 Å². The molecule has 0 saturated carbocycles. The average molecular weight is 448 g/mol. The van der Waals surface area contributed by atoms with Crippen LogP contribution in [-0.2, 0) is 17.9 Å². The molecule has 0 aliphatic rings. The second-order valence-corrected chi connectivity index (χ2v) is 10.3. The molecule has 0 saturated heterocycles. The first kappa shape index (κ1) is 24.9. The van der Waals surface area contributed by atoms with Crippen molar-refractivity contribution in [2.24, 2.45) is 0 Å². The molecule has 170 valence electrons. The minimum Gasteiger partial charge on any atom is -0.333 e. The maximum Gasteiger partial charge on any atom is 0.318 e. The molecule has 2 rings (SSSR count). The SMILES string of the molecule is CCC(C)N(CC(=O)N(Cc1ccc(F)cc1)Cc1ccc(C)s1)C(=O)NC(C)(C)C. The van der Waals surface area contributed by atoms with Gasteiger partial charge in [0, 0.05) is 27.9 Å². The third-order valence-electron chi connectivity index (χ3n) is 4.95. The van der Waals surface area contributed by atoms with Crippen LogP contribution in [0.3, 0.4) is 0 Å². The van der Waals surface area contributed by atoms with E-state index in [-0.39, 0.29) is 30.3 Å². The van der Waals surface area contributed by atoms with Crippen LogP contribution in [0.1, 0.15) is 56.4 Å². The molecule has 0 aliphatic carbocycles.